The molecule has 1 aliphatic rings. The van der Waals surface area contributed by atoms with E-state index in [0.717, 1.165) is 24.5 Å². The standard InChI is InChI=1S/C19H24N2O4/c1-3-24-17-7-5-4-6-16(17)20-10-12-21(13-11-20)19(22)18-9-8-15(25-18)14-23-2/h4-9H,3,10-14H2,1-2H3. The van der Waals surface area contributed by atoms with E-state index in [4.69, 9.17) is 13.9 Å². The molecule has 0 aliphatic carbocycles. The second kappa shape index (κ2) is 8.07. The van der Waals surface area contributed by atoms with E-state index < -0.39 is 0 Å². The number of hydrogen-bond donors (Lipinski definition) is 0. The van der Waals surface area contributed by atoms with Crippen molar-refractivity contribution >= 4 is 11.6 Å². The Hall–Kier alpha value is -2.47. The molecule has 134 valence electrons. The molecule has 6 nitrogen and oxygen atoms in total. The number of ether oxygens (including phenoxy) is 2. The van der Waals surface area contributed by atoms with Crippen molar-refractivity contribution in [3.8, 4) is 5.75 Å². The molecule has 2 aromatic rings. The first-order chi connectivity index (χ1) is 12.2. The molecule has 1 aliphatic heterocycles. The zero-order valence-corrected chi connectivity index (χ0v) is 14.7. The van der Waals surface area contributed by atoms with Crippen molar-refractivity contribution in [3.05, 3.63) is 47.9 Å². The Bertz CT molecular complexity index is 705. The van der Waals surface area contributed by atoms with Gasteiger partial charge in [0.2, 0.25) is 0 Å². The van der Waals surface area contributed by atoms with Crippen LogP contribution in [0.5, 0.6) is 5.75 Å². The maximum absolute atomic E-state index is 12.6. The van der Waals surface area contributed by atoms with Gasteiger partial charge in [0.15, 0.2) is 5.76 Å². The average Bonchev–Trinajstić information content (AvgIpc) is 3.11. The van der Waals surface area contributed by atoms with Crippen molar-refractivity contribution in [2.24, 2.45) is 0 Å². The number of rotatable bonds is 6. The molecule has 0 saturated carbocycles. The monoisotopic (exact) mass is 344 g/mol. The molecule has 1 saturated heterocycles. The molecular formula is C19H24N2O4. The summed E-state index contributed by atoms with van der Waals surface area (Å²) in [6, 6.07) is 11.5. The molecule has 1 fully saturated rings. The summed E-state index contributed by atoms with van der Waals surface area (Å²) in [4.78, 5) is 16.7. The van der Waals surface area contributed by atoms with E-state index in [1.807, 2.05) is 30.0 Å². The van der Waals surface area contributed by atoms with Crippen molar-refractivity contribution in [2.45, 2.75) is 13.5 Å². The molecule has 0 unspecified atom stereocenters. The van der Waals surface area contributed by atoms with Crippen molar-refractivity contribution < 1.29 is 18.7 Å². The average molecular weight is 344 g/mol. The maximum Gasteiger partial charge on any atom is 0.289 e. The van der Waals surface area contributed by atoms with E-state index in [0.29, 0.717) is 37.8 Å². The number of anilines is 1. The van der Waals surface area contributed by atoms with Gasteiger partial charge < -0.3 is 23.7 Å². The lowest BCUT2D eigenvalue weighted by atomic mass is 10.2. The summed E-state index contributed by atoms with van der Waals surface area (Å²) < 4.78 is 16.3. The highest BCUT2D eigenvalue weighted by atomic mass is 16.5. The van der Waals surface area contributed by atoms with Crippen LogP contribution in [0.2, 0.25) is 0 Å². The fourth-order valence-corrected chi connectivity index (χ4v) is 3.01. The lowest BCUT2D eigenvalue weighted by Gasteiger charge is -2.36. The number of amides is 1. The number of carbonyl (C=O) groups is 1. The van der Waals surface area contributed by atoms with Crippen LogP contribution in [0, 0.1) is 0 Å². The molecule has 3 rings (SSSR count). The molecule has 6 heteroatoms. The number of piperazine rings is 1. The molecule has 25 heavy (non-hydrogen) atoms. The minimum absolute atomic E-state index is 0.0694. The molecule has 0 atom stereocenters. The lowest BCUT2D eigenvalue weighted by molar-refractivity contribution is 0.0707. The first kappa shape index (κ1) is 17.4. The minimum atomic E-state index is -0.0694. The third-order valence-electron chi connectivity index (χ3n) is 4.23. The molecule has 0 spiro atoms. The number of benzene rings is 1. The summed E-state index contributed by atoms with van der Waals surface area (Å²) >= 11 is 0. The van der Waals surface area contributed by atoms with Gasteiger partial charge in [-0.3, -0.25) is 4.79 Å². The van der Waals surface area contributed by atoms with E-state index in [-0.39, 0.29) is 5.91 Å². The van der Waals surface area contributed by atoms with Crippen LogP contribution >= 0.6 is 0 Å². The van der Waals surface area contributed by atoms with E-state index >= 15 is 0 Å². The normalized spacial score (nSPS) is 14.6. The van der Waals surface area contributed by atoms with Gasteiger partial charge >= 0.3 is 0 Å². The summed E-state index contributed by atoms with van der Waals surface area (Å²) in [6.07, 6.45) is 0. The predicted molar refractivity (Wildman–Crippen MR) is 95.1 cm³/mol. The summed E-state index contributed by atoms with van der Waals surface area (Å²) in [5, 5.41) is 0. The maximum atomic E-state index is 12.6. The van der Waals surface area contributed by atoms with Crippen molar-refractivity contribution in [1.29, 1.82) is 0 Å². The molecule has 0 radical (unpaired) electrons. The molecular weight excluding hydrogens is 320 g/mol. The first-order valence-electron chi connectivity index (χ1n) is 8.56. The highest BCUT2D eigenvalue weighted by Crippen LogP contribution is 2.29. The van der Waals surface area contributed by atoms with Gasteiger partial charge in [0.1, 0.15) is 18.1 Å². The van der Waals surface area contributed by atoms with Gasteiger partial charge in [-0.15, -0.1) is 0 Å². The van der Waals surface area contributed by atoms with E-state index in [1.54, 1.807) is 19.2 Å². The molecule has 2 heterocycles. The lowest BCUT2D eigenvalue weighted by Crippen LogP contribution is -2.48. The quantitative estimate of drug-likeness (QED) is 0.806. The Morgan fingerprint density at radius 1 is 1.12 bits per heavy atom. The van der Waals surface area contributed by atoms with E-state index in [2.05, 4.69) is 11.0 Å². The van der Waals surface area contributed by atoms with Gasteiger partial charge in [-0.1, -0.05) is 12.1 Å². The van der Waals surface area contributed by atoms with Crippen LogP contribution in [0.25, 0.3) is 0 Å². The fourth-order valence-electron chi connectivity index (χ4n) is 3.01. The fraction of sp³-hybridized carbons (Fsp3) is 0.421. The van der Waals surface area contributed by atoms with Crippen LogP contribution in [0.4, 0.5) is 5.69 Å². The van der Waals surface area contributed by atoms with E-state index in [1.165, 1.54) is 0 Å². The molecule has 0 N–H and O–H groups in total. The van der Waals surface area contributed by atoms with Crippen LogP contribution < -0.4 is 9.64 Å². The summed E-state index contributed by atoms with van der Waals surface area (Å²) in [6.45, 7) is 5.82. The van der Waals surface area contributed by atoms with Crippen LogP contribution in [0.15, 0.2) is 40.8 Å². The SMILES string of the molecule is CCOc1ccccc1N1CCN(C(=O)c2ccc(COC)o2)CC1. The Balaban J connectivity index is 1.62. The summed E-state index contributed by atoms with van der Waals surface area (Å²) in [5.74, 6) is 1.85. The largest absolute Gasteiger partial charge is 0.492 e. The Labute approximate surface area is 147 Å². The minimum Gasteiger partial charge on any atom is -0.492 e. The van der Waals surface area contributed by atoms with Gasteiger partial charge in [-0.25, -0.2) is 0 Å². The van der Waals surface area contributed by atoms with Gasteiger partial charge in [-0.05, 0) is 31.2 Å². The number of para-hydroxylation sites is 2. The second-order valence-corrected chi connectivity index (χ2v) is 5.88. The van der Waals surface area contributed by atoms with Gasteiger partial charge in [0.05, 0.1) is 12.3 Å². The second-order valence-electron chi connectivity index (χ2n) is 5.88. The van der Waals surface area contributed by atoms with Crippen molar-refractivity contribution in [1.82, 2.24) is 4.90 Å². The first-order valence-corrected chi connectivity index (χ1v) is 8.56. The third kappa shape index (κ3) is 3.96. The van der Waals surface area contributed by atoms with Crippen LogP contribution in [-0.4, -0.2) is 50.7 Å². The zero-order valence-electron chi connectivity index (χ0n) is 14.7. The molecule has 0 bridgehead atoms. The van der Waals surface area contributed by atoms with Gasteiger partial charge in [0, 0.05) is 33.3 Å². The smallest absolute Gasteiger partial charge is 0.289 e. The van der Waals surface area contributed by atoms with Gasteiger partial charge in [-0.2, -0.15) is 0 Å². The topological polar surface area (TPSA) is 55.2 Å². The predicted octanol–water partition coefficient (Wildman–Crippen LogP) is 2.79. The van der Waals surface area contributed by atoms with Crippen LogP contribution in [0.1, 0.15) is 23.2 Å². The van der Waals surface area contributed by atoms with Gasteiger partial charge in [0.25, 0.3) is 5.91 Å². The zero-order chi connectivity index (χ0) is 17.6. The van der Waals surface area contributed by atoms with Crippen LogP contribution in [-0.2, 0) is 11.3 Å². The van der Waals surface area contributed by atoms with E-state index in [9.17, 15) is 4.79 Å². The number of hydrogen-bond acceptors (Lipinski definition) is 5. The molecule has 1 aromatic carbocycles. The Kier molecular flexibility index (Phi) is 5.60. The highest BCUT2D eigenvalue weighted by molar-refractivity contribution is 5.91. The van der Waals surface area contributed by atoms with Crippen LogP contribution in [0.3, 0.4) is 0 Å². The number of carbonyl (C=O) groups excluding carboxylic acids is 1. The molecule has 1 amide bonds. The number of furan rings is 1. The molecule has 1 aromatic heterocycles. The highest BCUT2D eigenvalue weighted by Gasteiger charge is 2.25. The number of nitrogens with zero attached hydrogens (tertiary/aromatic N) is 2. The summed E-state index contributed by atoms with van der Waals surface area (Å²) in [7, 11) is 1.60. The Morgan fingerprint density at radius 3 is 2.60 bits per heavy atom. The van der Waals surface area contributed by atoms with Crippen molar-refractivity contribution in [3.63, 3.8) is 0 Å². The number of methoxy groups -OCH3 is 1. The summed E-state index contributed by atoms with van der Waals surface area (Å²) in [5.41, 5.74) is 1.08. The Morgan fingerprint density at radius 2 is 1.88 bits per heavy atom. The third-order valence-corrected chi connectivity index (χ3v) is 4.23. The van der Waals surface area contributed by atoms with Crippen molar-refractivity contribution in [2.75, 3.05) is 44.8 Å².